The van der Waals surface area contributed by atoms with Crippen molar-refractivity contribution in [3.05, 3.63) is 90.2 Å². The standard InChI is InChI=1S/2C16H16F6N2O.Pd/c2*1-10-6-11(2)13(12(3)7-10)24-5-4-23(9-24)8-14(25,15(17,18)19)16(20,21)22;/h2*4-7,25H,8H2,1-3H3;. The average Bonchev–Trinajstić information content (AvgIpc) is 3.49. The molecule has 0 aliphatic carbocycles. The molecule has 286 valence electrons. The summed E-state index contributed by atoms with van der Waals surface area (Å²) in [6.07, 6.45) is -21.2. The number of aromatic nitrogens is 4. The number of hydrogen-bond donors (Lipinski definition) is 2. The van der Waals surface area contributed by atoms with Gasteiger partial charge in [-0.2, -0.15) is 0 Å². The summed E-state index contributed by atoms with van der Waals surface area (Å²) in [7, 11) is 0. The summed E-state index contributed by atoms with van der Waals surface area (Å²) in [5.74, 6) is 0. The summed E-state index contributed by atoms with van der Waals surface area (Å²) in [6, 6.07) is 6.61. The van der Waals surface area contributed by atoms with Gasteiger partial charge in [-0.05, 0) is 0 Å². The van der Waals surface area contributed by atoms with E-state index < -0.39 is 73.8 Å². The Bertz CT molecular complexity index is 1880. The molecule has 0 radical (unpaired) electrons. The van der Waals surface area contributed by atoms with Crippen LogP contribution in [0.15, 0.2) is 49.1 Å². The molecule has 4 rings (SSSR count). The molecule has 2 aromatic heterocycles. The van der Waals surface area contributed by atoms with Crippen molar-refractivity contribution in [2.75, 3.05) is 0 Å². The van der Waals surface area contributed by atoms with Crippen LogP contribution in [-0.2, 0) is 30.2 Å². The van der Waals surface area contributed by atoms with Crippen molar-refractivity contribution in [1.82, 2.24) is 18.3 Å². The van der Waals surface area contributed by atoms with Crippen molar-refractivity contribution in [3.63, 3.8) is 0 Å². The molecule has 0 fully saturated rings. The number of nitrogens with zero attached hydrogens (tertiary/aromatic N) is 4. The molecule has 0 aliphatic rings. The molecular weight excluding hydrogens is 807 g/mol. The van der Waals surface area contributed by atoms with Gasteiger partial charge in [0.25, 0.3) is 0 Å². The molecule has 2 N–H and O–H groups in total. The summed E-state index contributed by atoms with van der Waals surface area (Å²) in [5.41, 5.74) is -6.74. The Hall–Kier alpha value is -3.40. The number of benzene rings is 2. The second kappa shape index (κ2) is 13.2. The van der Waals surface area contributed by atoms with E-state index in [4.69, 9.17) is 0 Å². The number of rotatable bonds is 6. The fourth-order valence-electron chi connectivity index (χ4n) is 5.85. The van der Waals surface area contributed by atoms with Crippen molar-refractivity contribution in [2.45, 2.75) is 90.5 Å². The Balaban J connectivity index is 2.33. The quantitative estimate of drug-likeness (QED) is 0.152. The zero-order valence-electron chi connectivity index (χ0n) is 27.6. The fraction of sp³-hybridized carbons (Fsp3) is 0.438. The monoisotopic (exact) mass is 838 g/mol. The van der Waals surface area contributed by atoms with Crippen LogP contribution >= 0.6 is 0 Å². The third-order valence-corrected chi connectivity index (χ3v) is 10.5. The average molecular weight is 839 g/mol. The van der Waals surface area contributed by atoms with E-state index in [2.05, 4.69) is 0 Å². The number of imidazole rings is 2. The van der Waals surface area contributed by atoms with Gasteiger partial charge >= 0.3 is 290 Å². The van der Waals surface area contributed by atoms with E-state index in [1.54, 1.807) is 65.8 Å². The Morgan fingerprint density at radius 2 is 0.725 bits per heavy atom. The molecule has 19 heteroatoms. The zero-order valence-corrected chi connectivity index (χ0v) is 29.1. The van der Waals surface area contributed by atoms with Gasteiger partial charge in [0.15, 0.2) is 0 Å². The van der Waals surface area contributed by atoms with Gasteiger partial charge in [0.2, 0.25) is 0 Å². The summed E-state index contributed by atoms with van der Waals surface area (Å²) < 4.78 is 170. The van der Waals surface area contributed by atoms with Crippen molar-refractivity contribution in [1.29, 1.82) is 0 Å². The molecule has 51 heavy (non-hydrogen) atoms. The van der Waals surface area contributed by atoms with Crippen LogP contribution in [0.5, 0.6) is 0 Å². The van der Waals surface area contributed by atoms with E-state index in [-0.39, 0.29) is 11.4 Å². The SMILES string of the molecule is Cc1cc(C)c(-n2ccn(CC(O)(C(F)(F)F)C(F)(F)F)[c]2=[Pd]=[c]2n(CC(O)(C(F)(F)F)C(F)(F)F)ccn2-c2c(C)cc(C)cc2C)c(C)c1. The summed E-state index contributed by atoms with van der Waals surface area (Å²) in [5, 5.41) is 20.3. The maximum absolute atomic E-state index is 13.9. The van der Waals surface area contributed by atoms with Crippen molar-refractivity contribution < 1.29 is 80.0 Å². The number of aliphatic hydroxyl groups is 2. The predicted octanol–water partition coefficient (Wildman–Crippen LogP) is 8.28. The molecular formula is C32H32F12N4O2Pd. The zero-order chi connectivity index (χ0) is 38.9. The van der Waals surface area contributed by atoms with E-state index in [9.17, 15) is 62.9 Å². The molecule has 0 saturated heterocycles. The first-order chi connectivity index (χ1) is 23.0. The second-order valence-electron chi connectivity index (χ2n) is 12.4. The van der Waals surface area contributed by atoms with Gasteiger partial charge in [-0.15, -0.1) is 0 Å². The molecule has 4 aromatic rings. The first kappa shape index (κ1) is 40.4. The van der Waals surface area contributed by atoms with Gasteiger partial charge < -0.3 is 0 Å². The van der Waals surface area contributed by atoms with E-state index >= 15 is 0 Å². The molecule has 0 amide bonds. The van der Waals surface area contributed by atoms with E-state index in [0.717, 1.165) is 35.9 Å². The Labute approximate surface area is 290 Å². The molecule has 0 aliphatic heterocycles. The van der Waals surface area contributed by atoms with Gasteiger partial charge in [-0.25, -0.2) is 0 Å². The van der Waals surface area contributed by atoms with Crippen molar-refractivity contribution in [3.8, 4) is 11.4 Å². The van der Waals surface area contributed by atoms with E-state index in [1.165, 1.54) is 9.13 Å². The first-order valence-electron chi connectivity index (χ1n) is 14.7. The summed E-state index contributed by atoms with van der Waals surface area (Å²) >= 11 is -1.58. The van der Waals surface area contributed by atoms with Gasteiger partial charge in [-0.1, -0.05) is 0 Å². The minimum absolute atomic E-state index is 0.254. The summed E-state index contributed by atoms with van der Waals surface area (Å²) in [4.78, 5) is 0. The van der Waals surface area contributed by atoms with Gasteiger partial charge in [-0.3, -0.25) is 0 Å². The number of halogens is 12. The maximum atomic E-state index is 13.9. The minimum atomic E-state index is -6.26. The van der Waals surface area contributed by atoms with Gasteiger partial charge in [0.05, 0.1) is 0 Å². The number of alkyl halides is 12. The molecule has 0 spiro atoms. The third kappa shape index (κ3) is 7.31. The molecule has 2 aromatic carbocycles. The molecule has 0 unspecified atom stereocenters. The molecule has 6 nitrogen and oxygen atoms in total. The Morgan fingerprint density at radius 1 is 0.471 bits per heavy atom. The normalized spacial score (nSPS) is 13.8. The van der Waals surface area contributed by atoms with Crippen LogP contribution in [0.3, 0.4) is 0 Å². The molecule has 0 saturated carbocycles. The predicted molar refractivity (Wildman–Crippen MR) is 157 cm³/mol. The van der Waals surface area contributed by atoms with Crippen LogP contribution in [-0.4, -0.2) is 64.4 Å². The topological polar surface area (TPSA) is 60.2 Å². The van der Waals surface area contributed by atoms with Crippen LogP contribution in [0.4, 0.5) is 52.7 Å². The first-order valence-corrected chi connectivity index (χ1v) is 16.3. The number of hydrogen-bond acceptors (Lipinski definition) is 2. The van der Waals surface area contributed by atoms with Crippen LogP contribution in [0, 0.1) is 49.3 Å². The second-order valence-corrected chi connectivity index (χ2v) is 14.1. The number of aryl methyl sites for hydroxylation is 6. The Morgan fingerprint density at radius 3 is 0.961 bits per heavy atom. The van der Waals surface area contributed by atoms with Crippen LogP contribution in [0.1, 0.15) is 33.4 Å². The van der Waals surface area contributed by atoms with Crippen molar-refractivity contribution >= 4 is 0 Å². The van der Waals surface area contributed by atoms with E-state index in [0.29, 0.717) is 31.4 Å². The summed E-state index contributed by atoms with van der Waals surface area (Å²) in [6.45, 7) is 5.47. The fourth-order valence-corrected chi connectivity index (χ4v) is 8.04. The molecule has 0 bridgehead atoms. The van der Waals surface area contributed by atoms with Gasteiger partial charge in [0, 0.05) is 0 Å². The van der Waals surface area contributed by atoms with Gasteiger partial charge in [0.1, 0.15) is 0 Å². The van der Waals surface area contributed by atoms with Crippen molar-refractivity contribution in [2.24, 2.45) is 0 Å². The van der Waals surface area contributed by atoms with Crippen LogP contribution in [0.2, 0.25) is 0 Å². The molecule has 2 heterocycles. The van der Waals surface area contributed by atoms with Crippen LogP contribution < -0.4 is 0 Å². The van der Waals surface area contributed by atoms with E-state index in [1.807, 2.05) is 0 Å². The third-order valence-electron chi connectivity index (χ3n) is 8.17. The molecule has 0 atom stereocenters. The Kier molecular flexibility index (Phi) is 10.5. The van der Waals surface area contributed by atoms with Crippen LogP contribution in [0.25, 0.3) is 11.4 Å².